The Bertz CT molecular complexity index is 1080. The number of hydrogen-bond acceptors (Lipinski definition) is 5. The first-order valence-corrected chi connectivity index (χ1v) is 12.0. The Morgan fingerprint density at radius 2 is 1.97 bits per heavy atom. The Hall–Kier alpha value is -2.59. The van der Waals surface area contributed by atoms with Crippen LogP contribution in [0.2, 0.25) is 0 Å². The number of hydrogen-bond donors (Lipinski definition) is 1. The fourth-order valence-electron chi connectivity index (χ4n) is 3.66. The first kappa shape index (κ1) is 20.7. The van der Waals surface area contributed by atoms with Crippen LogP contribution in [0.5, 0.6) is 0 Å². The van der Waals surface area contributed by atoms with Crippen LogP contribution in [0.4, 0.5) is 15.3 Å². The average Bonchev–Trinajstić information content (AvgIpc) is 3.36. The molecule has 0 aromatic heterocycles. The van der Waals surface area contributed by atoms with Crippen LogP contribution < -0.4 is 10.2 Å². The normalized spacial score (nSPS) is 18.3. The summed E-state index contributed by atoms with van der Waals surface area (Å²) in [4.78, 5) is 26.1. The highest BCUT2D eigenvalue weighted by Crippen LogP contribution is 2.33. The lowest BCUT2D eigenvalue weighted by Gasteiger charge is -2.18. The van der Waals surface area contributed by atoms with Crippen LogP contribution in [-0.2, 0) is 21.2 Å². The van der Waals surface area contributed by atoms with Gasteiger partial charge in [-0.15, -0.1) is 0 Å². The molecule has 2 heterocycles. The summed E-state index contributed by atoms with van der Waals surface area (Å²) in [6, 6.07) is 12.7. The van der Waals surface area contributed by atoms with Gasteiger partial charge in [0.1, 0.15) is 6.61 Å². The maximum absolute atomic E-state index is 13.1. The van der Waals surface area contributed by atoms with Gasteiger partial charge in [-0.2, -0.15) is 0 Å². The number of sulfonamides is 1. The lowest BCUT2D eigenvalue weighted by molar-refractivity contribution is 0.161. The van der Waals surface area contributed by atoms with Gasteiger partial charge in [-0.05, 0) is 35.7 Å². The minimum atomic E-state index is -4.02. The number of nitrogens with zero attached hydrogens (tertiary/aromatic N) is 2. The van der Waals surface area contributed by atoms with Crippen molar-refractivity contribution in [1.29, 1.82) is 0 Å². The summed E-state index contributed by atoms with van der Waals surface area (Å²) >= 11 is 3.21. The Morgan fingerprint density at radius 1 is 1.20 bits per heavy atom. The number of carbonyl (C=O) groups excluding carboxylic acids is 2. The fourth-order valence-corrected chi connectivity index (χ4v) is 5.22. The van der Waals surface area contributed by atoms with E-state index < -0.39 is 28.2 Å². The molecule has 1 fully saturated rings. The van der Waals surface area contributed by atoms with Crippen molar-refractivity contribution in [3.05, 3.63) is 59.7 Å². The molecule has 2 aliphatic rings. The summed E-state index contributed by atoms with van der Waals surface area (Å²) in [6.07, 6.45) is 0.0504. The van der Waals surface area contributed by atoms with E-state index >= 15 is 0 Å². The molecule has 8 nitrogen and oxygen atoms in total. The number of nitrogens with one attached hydrogen (secondary N) is 1. The molecule has 0 saturated carbocycles. The van der Waals surface area contributed by atoms with E-state index in [4.69, 9.17) is 4.74 Å². The van der Waals surface area contributed by atoms with Gasteiger partial charge in [0.25, 0.3) is 10.0 Å². The first-order valence-electron chi connectivity index (χ1n) is 9.43. The minimum Gasteiger partial charge on any atom is -0.448 e. The molecular weight excluding hydrogens is 474 g/mol. The number of halogens is 1. The van der Waals surface area contributed by atoms with E-state index in [1.165, 1.54) is 17.0 Å². The second-order valence-electron chi connectivity index (χ2n) is 6.94. The molecule has 3 amide bonds. The van der Waals surface area contributed by atoms with Gasteiger partial charge in [0.15, 0.2) is 0 Å². The summed E-state index contributed by atoms with van der Waals surface area (Å²) < 4.78 is 32.3. The van der Waals surface area contributed by atoms with Crippen molar-refractivity contribution in [2.24, 2.45) is 0 Å². The smallest absolute Gasteiger partial charge is 0.414 e. The van der Waals surface area contributed by atoms with Crippen molar-refractivity contribution in [3.8, 4) is 0 Å². The summed E-state index contributed by atoms with van der Waals surface area (Å²) in [6.45, 7) is 0.692. The number of anilines is 1. The van der Waals surface area contributed by atoms with Crippen LogP contribution in [-0.4, -0.2) is 49.9 Å². The van der Waals surface area contributed by atoms with E-state index in [1.807, 2.05) is 30.3 Å². The largest absolute Gasteiger partial charge is 0.448 e. The molecular formula is C20H20BrN3O5S. The molecule has 1 atom stereocenters. The minimum absolute atomic E-state index is 0.0211. The number of carbonyl (C=O) groups is 2. The highest BCUT2D eigenvalue weighted by molar-refractivity contribution is 9.09. The second-order valence-corrected chi connectivity index (χ2v) is 9.60. The number of fused-ring (bicyclic) bond motifs is 1. The van der Waals surface area contributed by atoms with E-state index in [0.29, 0.717) is 24.0 Å². The van der Waals surface area contributed by atoms with Gasteiger partial charge in [-0.1, -0.05) is 46.3 Å². The molecule has 0 aliphatic carbocycles. The van der Waals surface area contributed by atoms with Gasteiger partial charge < -0.3 is 10.1 Å². The summed E-state index contributed by atoms with van der Waals surface area (Å²) in [5.41, 5.74) is 2.20. The summed E-state index contributed by atoms with van der Waals surface area (Å²) in [5, 5.41) is 3.26. The van der Waals surface area contributed by atoms with Crippen molar-refractivity contribution >= 4 is 43.8 Å². The lowest BCUT2D eigenvalue weighted by Crippen LogP contribution is -2.34. The van der Waals surface area contributed by atoms with Crippen LogP contribution in [0, 0.1) is 0 Å². The number of ether oxygens (including phenoxy) is 1. The maximum atomic E-state index is 13.1. The van der Waals surface area contributed by atoms with Gasteiger partial charge in [0.2, 0.25) is 0 Å². The fraction of sp³-hybridized carbons (Fsp3) is 0.300. The number of alkyl halides is 1. The molecule has 1 N–H and O–H groups in total. The monoisotopic (exact) mass is 493 g/mol. The zero-order valence-corrected chi connectivity index (χ0v) is 18.4. The Balaban J connectivity index is 1.56. The van der Waals surface area contributed by atoms with E-state index in [2.05, 4.69) is 21.2 Å². The van der Waals surface area contributed by atoms with Gasteiger partial charge in [0.05, 0.1) is 23.2 Å². The average molecular weight is 494 g/mol. The van der Waals surface area contributed by atoms with E-state index in [0.717, 1.165) is 15.4 Å². The van der Waals surface area contributed by atoms with E-state index in [9.17, 15) is 18.0 Å². The highest BCUT2D eigenvalue weighted by atomic mass is 79.9. The zero-order chi connectivity index (χ0) is 21.3. The molecule has 2 aliphatic heterocycles. The second kappa shape index (κ2) is 8.27. The molecule has 4 rings (SSSR count). The van der Waals surface area contributed by atoms with Gasteiger partial charge in [-0.25, -0.2) is 22.3 Å². The van der Waals surface area contributed by atoms with Crippen LogP contribution >= 0.6 is 15.9 Å². The van der Waals surface area contributed by atoms with Gasteiger partial charge >= 0.3 is 12.1 Å². The molecule has 1 saturated heterocycles. The van der Waals surface area contributed by atoms with Crippen molar-refractivity contribution in [2.75, 3.05) is 29.9 Å². The van der Waals surface area contributed by atoms with Crippen LogP contribution in [0.25, 0.3) is 0 Å². The SMILES string of the molecule is O=C(OCCBr)N1CCc2cc(S(=O)(=O)N3C[C@H](c4ccccc4)NC3=O)ccc21. The summed E-state index contributed by atoms with van der Waals surface area (Å²) in [5.74, 6) is 0. The zero-order valence-electron chi connectivity index (χ0n) is 16.0. The molecule has 0 bridgehead atoms. The van der Waals surface area contributed by atoms with Crippen molar-refractivity contribution in [3.63, 3.8) is 0 Å². The van der Waals surface area contributed by atoms with Crippen LogP contribution in [0.1, 0.15) is 17.2 Å². The first-order chi connectivity index (χ1) is 14.4. The van der Waals surface area contributed by atoms with E-state index in [-0.39, 0.29) is 18.0 Å². The standard InChI is InChI=1S/C20H20BrN3O5S/c21-9-11-29-20(26)23-10-8-15-12-16(6-7-18(15)23)30(27,28)24-13-17(22-19(24)25)14-4-2-1-3-5-14/h1-7,12,17H,8-11,13H2,(H,22,25)/t17-/m1/s1. The Kier molecular flexibility index (Phi) is 5.70. The van der Waals surface area contributed by atoms with Gasteiger partial charge in [0, 0.05) is 11.9 Å². The lowest BCUT2D eigenvalue weighted by atomic mass is 10.1. The molecule has 158 valence electrons. The topological polar surface area (TPSA) is 96.0 Å². The number of amides is 3. The predicted octanol–water partition coefficient (Wildman–Crippen LogP) is 3.04. The van der Waals surface area contributed by atoms with Crippen LogP contribution in [0.3, 0.4) is 0 Å². The molecule has 0 spiro atoms. The predicted molar refractivity (Wildman–Crippen MR) is 114 cm³/mol. The van der Waals surface area contributed by atoms with Crippen molar-refractivity contribution in [1.82, 2.24) is 9.62 Å². The number of benzene rings is 2. The molecule has 10 heteroatoms. The third-order valence-corrected chi connectivity index (χ3v) is 7.20. The highest BCUT2D eigenvalue weighted by Gasteiger charge is 2.39. The third kappa shape index (κ3) is 3.77. The Labute approximate surface area is 183 Å². The maximum Gasteiger partial charge on any atom is 0.414 e. The van der Waals surface area contributed by atoms with Crippen molar-refractivity contribution < 1.29 is 22.7 Å². The third-order valence-electron chi connectivity index (χ3n) is 5.13. The molecule has 30 heavy (non-hydrogen) atoms. The molecule has 2 aromatic rings. The quantitative estimate of drug-likeness (QED) is 0.645. The number of rotatable bonds is 5. The Morgan fingerprint density at radius 3 is 2.70 bits per heavy atom. The molecule has 0 unspecified atom stereocenters. The van der Waals surface area contributed by atoms with Crippen molar-refractivity contribution in [2.45, 2.75) is 17.4 Å². The van der Waals surface area contributed by atoms with Crippen LogP contribution in [0.15, 0.2) is 53.4 Å². The number of urea groups is 1. The molecule has 2 aromatic carbocycles. The van der Waals surface area contributed by atoms with E-state index in [1.54, 1.807) is 6.07 Å². The summed E-state index contributed by atoms with van der Waals surface area (Å²) in [7, 11) is -4.02. The molecule has 0 radical (unpaired) electrons. The van der Waals surface area contributed by atoms with Gasteiger partial charge in [-0.3, -0.25) is 4.90 Å².